The van der Waals surface area contributed by atoms with Crippen LogP contribution >= 0.6 is 11.6 Å². The maximum atomic E-state index is 11.8. The van der Waals surface area contributed by atoms with Gasteiger partial charge in [-0.3, -0.25) is 4.79 Å². The van der Waals surface area contributed by atoms with Crippen LogP contribution in [0, 0.1) is 5.92 Å². The number of rotatable bonds is 6. The van der Waals surface area contributed by atoms with Gasteiger partial charge in [-0.25, -0.2) is 0 Å². The van der Waals surface area contributed by atoms with Crippen molar-refractivity contribution >= 4 is 17.4 Å². The number of halogens is 1. The summed E-state index contributed by atoms with van der Waals surface area (Å²) < 4.78 is 0. The molecule has 1 rings (SSSR count). The topological polar surface area (TPSA) is 43.1 Å². The smallest absolute Gasteiger partial charge is 0.162 e. The average molecular weight is 240 g/mol. The fourth-order valence-electron chi connectivity index (χ4n) is 1.61. The zero-order valence-electron chi connectivity index (χ0n) is 9.58. The lowest BCUT2D eigenvalue weighted by molar-refractivity contribution is 0.0974. The predicted octanol–water partition coefficient (Wildman–Crippen LogP) is 3.29. The van der Waals surface area contributed by atoms with Crippen LogP contribution in [-0.2, 0) is 0 Å². The van der Waals surface area contributed by atoms with Crippen molar-refractivity contribution in [2.24, 2.45) is 11.7 Å². The summed E-state index contributed by atoms with van der Waals surface area (Å²) >= 11 is 5.83. The van der Waals surface area contributed by atoms with E-state index in [1.54, 1.807) is 18.2 Å². The van der Waals surface area contributed by atoms with Crippen LogP contribution in [-0.4, -0.2) is 12.3 Å². The Hall–Kier alpha value is -0.860. The zero-order valence-corrected chi connectivity index (χ0v) is 10.3. The van der Waals surface area contributed by atoms with Gasteiger partial charge in [0.05, 0.1) is 0 Å². The summed E-state index contributed by atoms with van der Waals surface area (Å²) in [6.07, 6.45) is 2.44. The highest BCUT2D eigenvalue weighted by Gasteiger charge is 2.08. The minimum absolute atomic E-state index is 0.159. The van der Waals surface area contributed by atoms with E-state index in [0.717, 1.165) is 12.8 Å². The van der Waals surface area contributed by atoms with Crippen LogP contribution in [0.2, 0.25) is 5.02 Å². The summed E-state index contributed by atoms with van der Waals surface area (Å²) in [4.78, 5) is 11.8. The molecule has 0 spiro atoms. The van der Waals surface area contributed by atoms with Gasteiger partial charge in [-0.1, -0.05) is 30.7 Å². The van der Waals surface area contributed by atoms with E-state index >= 15 is 0 Å². The van der Waals surface area contributed by atoms with Gasteiger partial charge in [0.25, 0.3) is 0 Å². The molecule has 0 aliphatic carbocycles. The molecular weight excluding hydrogens is 222 g/mol. The molecule has 3 heteroatoms. The van der Waals surface area contributed by atoms with Crippen molar-refractivity contribution in [1.82, 2.24) is 0 Å². The first-order chi connectivity index (χ1) is 7.63. The van der Waals surface area contributed by atoms with E-state index in [1.807, 2.05) is 6.07 Å². The van der Waals surface area contributed by atoms with Crippen LogP contribution in [0.3, 0.4) is 0 Å². The molecule has 0 radical (unpaired) electrons. The minimum atomic E-state index is 0.159. The Kier molecular flexibility index (Phi) is 5.50. The quantitative estimate of drug-likeness (QED) is 0.775. The second-order valence-corrected chi connectivity index (χ2v) is 4.59. The Labute approximate surface area is 102 Å². The molecule has 0 saturated carbocycles. The molecule has 0 amide bonds. The maximum Gasteiger partial charge on any atom is 0.162 e. The van der Waals surface area contributed by atoms with E-state index in [2.05, 4.69) is 6.92 Å². The Morgan fingerprint density at radius 3 is 2.81 bits per heavy atom. The Bertz CT molecular complexity index is 352. The monoisotopic (exact) mass is 239 g/mol. The second-order valence-electron chi connectivity index (χ2n) is 4.15. The molecule has 0 heterocycles. The van der Waals surface area contributed by atoms with Gasteiger partial charge in [0, 0.05) is 17.0 Å². The molecule has 0 saturated heterocycles. The molecule has 0 aromatic heterocycles. The normalized spacial score (nSPS) is 12.4. The number of carbonyl (C=O) groups is 1. The highest BCUT2D eigenvalue weighted by molar-refractivity contribution is 6.31. The molecule has 1 unspecified atom stereocenters. The SMILES string of the molecule is CC(CCN)CCC(=O)c1cccc(Cl)c1. The van der Waals surface area contributed by atoms with Crippen molar-refractivity contribution in [2.45, 2.75) is 26.2 Å². The van der Waals surface area contributed by atoms with Crippen LogP contribution in [0.1, 0.15) is 36.5 Å². The summed E-state index contributed by atoms with van der Waals surface area (Å²) in [5, 5.41) is 0.612. The Morgan fingerprint density at radius 1 is 1.44 bits per heavy atom. The molecule has 0 bridgehead atoms. The first-order valence-corrected chi connectivity index (χ1v) is 6.00. The lowest BCUT2D eigenvalue weighted by Crippen LogP contribution is -2.08. The molecule has 1 atom stereocenters. The first kappa shape index (κ1) is 13.2. The third kappa shape index (κ3) is 4.33. The van der Waals surface area contributed by atoms with Crippen molar-refractivity contribution in [3.63, 3.8) is 0 Å². The van der Waals surface area contributed by atoms with Gasteiger partial charge in [-0.05, 0) is 37.4 Å². The van der Waals surface area contributed by atoms with E-state index in [4.69, 9.17) is 17.3 Å². The molecule has 1 aromatic carbocycles. The van der Waals surface area contributed by atoms with Crippen LogP contribution < -0.4 is 5.73 Å². The van der Waals surface area contributed by atoms with Crippen LogP contribution in [0.5, 0.6) is 0 Å². The summed E-state index contributed by atoms with van der Waals surface area (Å²) in [5.41, 5.74) is 6.17. The number of Topliss-reactive ketones (excluding diaryl/α,β-unsaturated/α-hetero) is 1. The zero-order chi connectivity index (χ0) is 12.0. The molecule has 2 nitrogen and oxygen atoms in total. The molecule has 0 aliphatic rings. The fraction of sp³-hybridized carbons (Fsp3) is 0.462. The van der Waals surface area contributed by atoms with E-state index in [0.29, 0.717) is 29.5 Å². The van der Waals surface area contributed by atoms with Gasteiger partial charge < -0.3 is 5.73 Å². The number of hydrogen-bond acceptors (Lipinski definition) is 2. The van der Waals surface area contributed by atoms with Crippen LogP contribution in [0.4, 0.5) is 0 Å². The summed E-state index contributed by atoms with van der Waals surface area (Å²) in [6, 6.07) is 7.10. The number of benzene rings is 1. The highest BCUT2D eigenvalue weighted by atomic mass is 35.5. The van der Waals surface area contributed by atoms with Gasteiger partial charge in [0.2, 0.25) is 0 Å². The van der Waals surface area contributed by atoms with Crippen LogP contribution in [0.25, 0.3) is 0 Å². The third-order valence-corrected chi connectivity index (χ3v) is 2.91. The average Bonchev–Trinajstić information content (AvgIpc) is 2.26. The number of ketones is 1. The summed E-state index contributed by atoms with van der Waals surface area (Å²) in [6.45, 7) is 2.81. The first-order valence-electron chi connectivity index (χ1n) is 5.62. The van der Waals surface area contributed by atoms with Crippen LogP contribution in [0.15, 0.2) is 24.3 Å². The lowest BCUT2D eigenvalue weighted by Gasteiger charge is -2.08. The van der Waals surface area contributed by atoms with Crippen molar-refractivity contribution in [3.05, 3.63) is 34.9 Å². The van der Waals surface area contributed by atoms with E-state index < -0.39 is 0 Å². The summed E-state index contributed by atoms with van der Waals surface area (Å²) in [7, 11) is 0. The van der Waals surface area contributed by atoms with E-state index in [1.165, 1.54) is 0 Å². The summed E-state index contributed by atoms with van der Waals surface area (Å²) in [5.74, 6) is 0.666. The molecular formula is C13H18ClNO. The van der Waals surface area contributed by atoms with Gasteiger partial charge >= 0.3 is 0 Å². The van der Waals surface area contributed by atoms with Gasteiger partial charge in [-0.15, -0.1) is 0 Å². The van der Waals surface area contributed by atoms with E-state index in [9.17, 15) is 4.79 Å². The number of nitrogens with two attached hydrogens (primary N) is 1. The number of carbonyl (C=O) groups excluding carboxylic acids is 1. The minimum Gasteiger partial charge on any atom is -0.330 e. The molecule has 16 heavy (non-hydrogen) atoms. The van der Waals surface area contributed by atoms with Crippen molar-refractivity contribution in [3.8, 4) is 0 Å². The maximum absolute atomic E-state index is 11.8. The van der Waals surface area contributed by atoms with Crippen molar-refractivity contribution in [2.75, 3.05) is 6.54 Å². The fourth-order valence-corrected chi connectivity index (χ4v) is 1.80. The van der Waals surface area contributed by atoms with Crippen molar-refractivity contribution in [1.29, 1.82) is 0 Å². The predicted molar refractivity (Wildman–Crippen MR) is 67.9 cm³/mol. The Balaban J connectivity index is 2.47. The van der Waals surface area contributed by atoms with E-state index in [-0.39, 0.29) is 5.78 Å². The van der Waals surface area contributed by atoms with Gasteiger partial charge in [0.15, 0.2) is 5.78 Å². The number of hydrogen-bond donors (Lipinski definition) is 1. The molecule has 2 N–H and O–H groups in total. The standard InChI is InChI=1S/C13H18ClNO/c1-10(7-8-15)5-6-13(16)11-3-2-4-12(14)9-11/h2-4,9-10H,5-8,15H2,1H3. The lowest BCUT2D eigenvalue weighted by atomic mass is 9.98. The second kappa shape index (κ2) is 6.66. The molecule has 0 aliphatic heterocycles. The highest BCUT2D eigenvalue weighted by Crippen LogP contribution is 2.16. The third-order valence-electron chi connectivity index (χ3n) is 2.67. The Morgan fingerprint density at radius 2 is 2.19 bits per heavy atom. The molecule has 0 fully saturated rings. The van der Waals surface area contributed by atoms with Gasteiger partial charge in [-0.2, -0.15) is 0 Å². The molecule has 1 aromatic rings. The van der Waals surface area contributed by atoms with Crippen molar-refractivity contribution < 1.29 is 4.79 Å². The van der Waals surface area contributed by atoms with Gasteiger partial charge in [0.1, 0.15) is 0 Å². The largest absolute Gasteiger partial charge is 0.330 e. The molecule has 88 valence electrons.